The Morgan fingerprint density at radius 1 is 1.07 bits per heavy atom. The molecule has 6 nitrogen and oxygen atoms in total. The fourth-order valence-electron chi connectivity index (χ4n) is 3.28. The third-order valence-corrected chi connectivity index (χ3v) is 5.20. The van der Waals surface area contributed by atoms with E-state index in [0.29, 0.717) is 29.5 Å². The van der Waals surface area contributed by atoms with E-state index in [2.05, 4.69) is 10.6 Å². The van der Waals surface area contributed by atoms with Crippen LogP contribution in [0.25, 0.3) is 0 Å². The highest BCUT2D eigenvalue weighted by Gasteiger charge is 2.21. The van der Waals surface area contributed by atoms with Crippen LogP contribution in [0.1, 0.15) is 48.7 Å². The molecule has 1 unspecified atom stereocenters. The summed E-state index contributed by atoms with van der Waals surface area (Å²) < 4.78 is 11.5. The van der Waals surface area contributed by atoms with Crippen molar-refractivity contribution in [2.45, 2.75) is 32.7 Å². The molecule has 1 aliphatic rings. The smallest absolute Gasteiger partial charge is 0.252 e. The highest BCUT2D eigenvalue weighted by molar-refractivity contribution is 6.33. The van der Waals surface area contributed by atoms with E-state index >= 15 is 0 Å². The Labute approximate surface area is 181 Å². The maximum Gasteiger partial charge on any atom is 0.252 e. The number of carbonyl (C=O) groups is 2. The third-order valence-electron chi connectivity index (χ3n) is 4.87. The predicted molar refractivity (Wildman–Crippen MR) is 116 cm³/mol. The second-order valence-corrected chi connectivity index (χ2v) is 7.94. The fourth-order valence-corrected chi connectivity index (χ4v) is 3.51. The van der Waals surface area contributed by atoms with Gasteiger partial charge in [0.1, 0.15) is 0 Å². The fraction of sp³-hybridized carbons (Fsp3) is 0.391. The van der Waals surface area contributed by atoms with Crippen molar-refractivity contribution in [3.63, 3.8) is 0 Å². The summed E-state index contributed by atoms with van der Waals surface area (Å²) in [5.74, 6) is 1.18. The summed E-state index contributed by atoms with van der Waals surface area (Å²) in [5.41, 5.74) is 1.36. The van der Waals surface area contributed by atoms with Crippen LogP contribution in [0.15, 0.2) is 42.5 Å². The summed E-state index contributed by atoms with van der Waals surface area (Å²) in [7, 11) is 0. The number of rotatable bonds is 7. The third kappa shape index (κ3) is 5.66. The van der Waals surface area contributed by atoms with Gasteiger partial charge in [0, 0.05) is 19.4 Å². The van der Waals surface area contributed by atoms with Crippen LogP contribution in [-0.4, -0.2) is 31.6 Å². The molecule has 0 fully saturated rings. The largest absolute Gasteiger partial charge is 0.490 e. The average Bonchev–Trinajstić information content (AvgIpc) is 2.97. The minimum absolute atomic E-state index is 0.139. The summed E-state index contributed by atoms with van der Waals surface area (Å²) in [6.07, 6.45) is 1.01. The lowest BCUT2D eigenvalue weighted by Gasteiger charge is -2.24. The van der Waals surface area contributed by atoms with Gasteiger partial charge < -0.3 is 20.1 Å². The minimum Gasteiger partial charge on any atom is -0.490 e. The predicted octanol–water partition coefficient (Wildman–Crippen LogP) is 4.13. The van der Waals surface area contributed by atoms with Crippen molar-refractivity contribution in [1.29, 1.82) is 0 Å². The van der Waals surface area contributed by atoms with Gasteiger partial charge in [0.05, 0.1) is 29.8 Å². The first-order valence-corrected chi connectivity index (χ1v) is 10.5. The SMILES string of the molecule is CC(C)C(NC(=O)CCNC(=O)c1ccccc1Cl)c1ccc2c(c1)OCCCO2. The van der Waals surface area contributed by atoms with Gasteiger partial charge in [0.15, 0.2) is 11.5 Å². The molecule has 2 N–H and O–H groups in total. The van der Waals surface area contributed by atoms with Crippen molar-refractivity contribution < 1.29 is 19.1 Å². The van der Waals surface area contributed by atoms with Crippen LogP contribution in [0, 0.1) is 5.92 Å². The molecular formula is C23H27ClN2O4. The van der Waals surface area contributed by atoms with Gasteiger partial charge in [0.2, 0.25) is 5.91 Å². The molecule has 30 heavy (non-hydrogen) atoms. The molecule has 160 valence electrons. The van der Waals surface area contributed by atoms with Crippen molar-refractivity contribution in [3.8, 4) is 11.5 Å². The van der Waals surface area contributed by atoms with Crippen LogP contribution < -0.4 is 20.1 Å². The second-order valence-electron chi connectivity index (χ2n) is 7.53. The lowest BCUT2D eigenvalue weighted by Crippen LogP contribution is -2.35. The number of hydrogen-bond donors (Lipinski definition) is 2. The monoisotopic (exact) mass is 430 g/mol. The van der Waals surface area contributed by atoms with Gasteiger partial charge in [-0.25, -0.2) is 0 Å². The molecule has 0 aliphatic carbocycles. The quantitative estimate of drug-likeness (QED) is 0.692. The van der Waals surface area contributed by atoms with Crippen LogP contribution in [0.4, 0.5) is 0 Å². The molecule has 1 aliphatic heterocycles. The molecule has 1 atom stereocenters. The topological polar surface area (TPSA) is 76.7 Å². The molecule has 0 saturated carbocycles. The normalized spacial score (nSPS) is 14.0. The minimum atomic E-state index is -0.295. The van der Waals surface area contributed by atoms with E-state index < -0.39 is 0 Å². The van der Waals surface area contributed by atoms with Crippen LogP contribution in [0.3, 0.4) is 0 Å². The van der Waals surface area contributed by atoms with Crippen molar-refractivity contribution in [3.05, 3.63) is 58.6 Å². The molecule has 1 heterocycles. The van der Waals surface area contributed by atoms with Crippen LogP contribution in [0.2, 0.25) is 5.02 Å². The number of carbonyl (C=O) groups excluding carboxylic acids is 2. The van der Waals surface area contributed by atoms with Crippen molar-refractivity contribution in [2.75, 3.05) is 19.8 Å². The molecule has 2 aromatic rings. The summed E-state index contributed by atoms with van der Waals surface area (Å²) in [6.45, 7) is 5.57. The van der Waals surface area contributed by atoms with E-state index in [-0.39, 0.29) is 36.7 Å². The first-order valence-electron chi connectivity index (χ1n) is 10.2. The number of amides is 2. The first kappa shape index (κ1) is 22.0. The van der Waals surface area contributed by atoms with Gasteiger partial charge in [-0.05, 0) is 35.7 Å². The zero-order valence-electron chi connectivity index (χ0n) is 17.2. The number of halogens is 1. The van der Waals surface area contributed by atoms with Gasteiger partial charge in [-0.1, -0.05) is 43.6 Å². The Kier molecular flexibility index (Phi) is 7.57. The standard InChI is InChI=1S/C23H27ClN2O4/c1-15(2)22(16-8-9-19-20(14-16)30-13-5-12-29-19)26-21(27)10-11-25-23(28)17-6-3-4-7-18(17)24/h3-4,6-9,14-15,22H,5,10-13H2,1-2H3,(H,25,28)(H,26,27). The van der Waals surface area contributed by atoms with Crippen LogP contribution in [0.5, 0.6) is 11.5 Å². The van der Waals surface area contributed by atoms with Gasteiger partial charge in [0.25, 0.3) is 5.91 Å². The maximum absolute atomic E-state index is 12.5. The van der Waals surface area contributed by atoms with Gasteiger partial charge >= 0.3 is 0 Å². The lowest BCUT2D eigenvalue weighted by molar-refractivity contribution is -0.122. The lowest BCUT2D eigenvalue weighted by atomic mass is 9.95. The first-order chi connectivity index (χ1) is 14.5. The summed E-state index contributed by atoms with van der Waals surface area (Å²) >= 11 is 6.03. The highest BCUT2D eigenvalue weighted by atomic mass is 35.5. The van der Waals surface area contributed by atoms with Crippen molar-refractivity contribution in [2.24, 2.45) is 5.92 Å². The Hall–Kier alpha value is -2.73. The van der Waals surface area contributed by atoms with Crippen molar-refractivity contribution >= 4 is 23.4 Å². The molecule has 0 spiro atoms. The molecule has 0 radical (unpaired) electrons. The average molecular weight is 431 g/mol. The molecule has 0 saturated heterocycles. The second kappa shape index (κ2) is 10.3. The number of nitrogens with one attached hydrogen (secondary N) is 2. The Morgan fingerprint density at radius 2 is 1.80 bits per heavy atom. The number of benzene rings is 2. The van der Waals surface area contributed by atoms with E-state index in [0.717, 1.165) is 17.7 Å². The Bertz CT molecular complexity index is 901. The van der Waals surface area contributed by atoms with E-state index in [9.17, 15) is 9.59 Å². The van der Waals surface area contributed by atoms with Crippen LogP contribution >= 0.6 is 11.6 Å². The van der Waals surface area contributed by atoms with E-state index in [1.807, 2.05) is 32.0 Å². The summed E-state index contributed by atoms with van der Waals surface area (Å²) in [5, 5.41) is 6.19. The number of ether oxygens (including phenoxy) is 2. The summed E-state index contributed by atoms with van der Waals surface area (Å²) in [4.78, 5) is 24.7. The zero-order chi connectivity index (χ0) is 21.5. The van der Waals surface area contributed by atoms with Crippen molar-refractivity contribution in [1.82, 2.24) is 10.6 Å². The summed E-state index contributed by atoms with van der Waals surface area (Å²) in [6, 6.07) is 12.4. The van der Waals surface area contributed by atoms with E-state index in [1.165, 1.54) is 0 Å². The van der Waals surface area contributed by atoms with E-state index in [1.54, 1.807) is 24.3 Å². The van der Waals surface area contributed by atoms with Gasteiger partial charge in [-0.15, -0.1) is 0 Å². The van der Waals surface area contributed by atoms with Gasteiger partial charge in [-0.2, -0.15) is 0 Å². The molecule has 2 aromatic carbocycles. The van der Waals surface area contributed by atoms with Gasteiger partial charge in [-0.3, -0.25) is 9.59 Å². The zero-order valence-corrected chi connectivity index (χ0v) is 18.0. The molecule has 0 bridgehead atoms. The molecule has 3 rings (SSSR count). The molecule has 0 aromatic heterocycles. The number of fused-ring (bicyclic) bond motifs is 1. The molecule has 2 amide bonds. The molecular weight excluding hydrogens is 404 g/mol. The maximum atomic E-state index is 12.5. The Morgan fingerprint density at radius 3 is 2.53 bits per heavy atom. The van der Waals surface area contributed by atoms with Crippen LogP contribution in [-0.2, 0) is 4.79 Å². The number of hydrogen-bond acceptors (Lipinski definition) is 4. The molecule has 7 heteroatoms. The van der Waals surface area contributed by atoms with E-state index in [4.69, 9.17) is 21.1 Å². The Balaban J connectivity index is 1.57. The highest BCUT2D eigenvalue weighted by Crippen LogP contribution is 2.34.